The molecule has 1 unspecified atom stereocenters. The first kappa shape index (κ1) is 21.8. The van der Waals surface area contributed by atoms with Gasteiger partial charge in [-0.15, -0.1) is 0 Å². The number of aromatic nitrogens is 2. The summed E-state index contributed by atoms with van der Waals surface area (Å²) in [6, 6.07) is 7.98. The molecule has 1 atom stereocenters. The van der Waals surface area contributed by atoms with E-state index >= 15 is 0 Å². The molecule has 2 amide bonds. The average Bonchev–Trinajstić information content (AvgIpc) is 3.45. The number of morpholine rings is 1. The molecule has 0 aliphatic carbocycles. The van der Waals surface area contributed by atoms with Crippen molar-refractivity contribution in [3.05, 3.63) is 30.1 Å². The van der Waals surface area contributed by atoms with Crippen molar-refractivity contribution >= 4 is 22.8 Å². The summed E-state index contributed by atoms with van der Waals surface area (Å²) in [5.41, 5.74) is 1.93. The van der Waals surface area contributed by atoms with Crippen molar-refractivity contribution in [1.29, 1.82) is 0 Å². The van der Waals surface area contributed by atoms with E-state index in [1.807, 2.05) is 29.2 Å². The minimum atomic E-state index is -0.260. The Bertz CT molecular complexity index is 885. The van der Waals surface area contributed by atoms with Crippen molar-refractivity contribution in [2.75, 3.05) is 39.5 Å². The summed E-state index contributed by atoms with van der Waals surface area (Å²) in [4.78, 5) is 31.5. The van der Waals surface area contributed by atoms with Crippen LogP contribution in [-0.2, 0) is 32.0 Å². The number of rotatable bonds is 9. The Morgan fingerprint density at radius 3 is 2.74 bits per heavy atom. The number of unbranched alkanes of at least 4 members (excludes halogenated alkanes) is 2. The third-order valence-electron chi connectivity index (χ3n) is 5.99. The fraction of sp³-hybridized carbons (Fsp3) is 0.609. The first-order valence-corrected chi connectivity index (χ1v) is 11.4. The van der Waals surface area contributed by atoms with Crippen LogP contribution < -0.4 is 5.32 Å². The number of hydrogen-bond donors (Lipinski definition) is 1. The quantitative estimate of drug-likeness (QED) is 0.617. The Labute approximate surface area is 182 Å². The van der Waals surface area contributed by atoms with E-state index in [-0.39, 0.29) is 17.9 Å². The number of carbonyl (C=O) groups excluding carboxylic acids is 2. The number of nitrogens with one attached hydrogen (secondary N) is 1. The number of hydrogen-bond acceptors (Lipinski definition) is 5. The van der Waals surface area contributed by atoms with Crippen LogP contribution in [0, 0.1) is 0 Å². The van der Waals surface area contributed by atoms with Gasteiger partial charge < -0.3 is 24.3 Å². The zero-order valence-electron chi connectivity index (χ0n) is 18.1. The van der Waals surface area contributed by atoms with Crippen LogP contribution in [0.5, 0.6) is 0 Å². The van der Waals surface area contributed by atoms with E-state index in [9.17, 15) is 9.59 Å². The van der Waals surface area contributed by atoms with Crippen LogP contribution in [0.4, 0.5) is 0 Å². The molecule has 2 aliphatic rings. The molecule has 0 spiro atoms. The normalized spacial score (nSPS) is 19.1. The van der Waals surface area contributed by atoms with Gasteiger partial charge in [0.2, 0.25) is 11.8 Å². The molecule has 1 aromatic carbocycles. The fourth-order valence-corrected chi connectivity index (χ4v) is 4.24. The molecule has 4 rings (SSSR count). The second-order valence-electron chi connectivity index (χ2n) is 8.20. The van der Waals surface area contributed by atoms with Gasteiger partial charge in [-0.25, -0.2) is 4.98 Å². The summed E-state index contributed by atoms with van der Waals surface area (Å²) in [6.45, 7) is 4.18. The van der Waals surface area contributed by atoms with E-state index in [4.69, 9.17) is 14.5 Å². The summed E-state index contributed by atoms with van der Waals surface area (Å²) >= 11 is 0. The lowest BCUT2D eigenvalue weighted by molar-refractivity contribution is -0.135. The highest BCUT2D eigenvalue weighted by molar-refractivity contribution is 5.81. The van der Waals surface area contributed by atoms with Crippen LogP contribution in [0.25, 0.3) is 11.0 Å². The van der Waals surface area contributed by atoms with Crippen LogP contribution in [0.1, 0.15) is 37.9 Å². The van der Waals surface area contributed by atoms with Crippen LogP contribution in [0.15, 0.2) is 24.3 Å². The molecule has 2 aliphatic heterocycles. The Morgan fingerprint density at radius 2 is 1.94 bits per heavy atom. The summed E-state index contributed by atoms with van der Waals surface area (Å²) < 4.78 is 12.8. The molecule has 2 aromatic rings. The number of amides is 2. The molecule has 31 heavy (non-hydrogen) atoms. The molecule has 2 fully saturated rings. The standard InChI is InChI=1S/C23H32N4O4/c28-22(26-12-15-30-16-13-26)17-27-19-8-4-3-7-18(19)25-21(27)10-2-1-5-11-24-23(29)20-9-6-14-31-20/h3-4,7-8,20H,1-2,5-6,9-17H2,(H,24,29). The van der Waals surface area contributed by atoms with Gasteiger partial charge in [0.1, 0.15) is 18.5 Å². The van der Waals surface area contributed by atoms with E-state index in [1.54, 1.807) is 0 Å². The SMILES string of the molecule is O=C(NCCCCCc1nc2ccccc2n1CC(=O)N1CCOCC1)C1CCCO1. The molecule has 0 saturated carbocycles. The number of aryl methyl sites for hydroxylation is 1. The molecule has 0 bridgehead atoms. The Morgan fingerprint density at radius 1 is 1.10 bits per heavy atom. The lowest BCUT2D eigenvalue weighted by Gasteiger charge is -2.27. The fourth-order valence-electron chi connectivity index (χ4n) is 4.24. The minimum Gasteiger partial charge on any atom is -0.378 e. The number of benzene rings is 1. The van der Waals surface area contributed by atoms with E-state index in [1.165, 1.54) is 0 Å². The third kappa shape index (κ3) is 5.62. The van der Waals surface area contributed by atoms with Crippen molar-refractivity contribution in [3.63, 3.8) is 0 Å². The summed E-state index contributed by atoms with van der Waals surface area (Å²) in [5.74, 6) is 1.08. The summed E-state index contributed by atoms with van der Waals surface area (Å²) in [5, 5.41) is 2.97. The van der Waals surface area contributed by atoms with Crippen molar-refractivity contribution < 1.29 is 19.1 Å². The molecule has 3 heterocycles. The lowest BCUT2D eigenvalue weighted by atomic mass is 10.1. The minimum absolute atomic E-state index is 0.0147. The summed E-state index contributed by atoms with van der Waals surface area (Å²) in [7, 11) is 0. The van der Waals surface area contributed by atoms with E-state index in [0.29, 0.717) is 46.0 Å². The predicted molar refractivity (Wildman–Crippen MR) is 117 cm³/mol. The van der Waals surface area contributed by atoms with E-state index < -0.39 is 0 Å². The smallest absolute Gasteiger partial charge is 0.249 e. The van der Waals surface area contributed by atoms with Crippen LogP contribution in [0.3, 0.4) is 0 Å². The first-order valence-electron chi connectivity index (χ1n) is 11.4. The zero-order valence-corrected chi connectivity index (χ0v) is 18.1. The van der Waals surface area contributed by atoms with Crippen molar-refractivity contribution in [2.45, 2.75) is 51.2 Å². The highest BCUT2D eigenvalue weighted by Gasteiger charge is 2.23. The molecular weight excluding hydrogens is 396 g/mol. The largest absolute Gasteiger partial charge is 0.378 e. The average molecular weight is 429 g/mol. The zero-order chi connectivity index (χ0) is 21.5. The maximum Gasteiger partial charge on any atom is 0.249 e. The molecule has 1 N–H and O–H groups in total. The monoisotopic (exact) mass is 428 g/mol. The number of imidazole rings is 1. The molecule has 168 valence electrons. The van der Waals surface area contributed by atoms with Gasteiger partial charge in [-0.1, -0.05) is 18.6 Å². The van der Waals surface area contributed by atoms with Crippen LogP contribution >= 0.6 is 0 Å². The second-order valence-corrected chi connectivity index (χ2v) is 8.20. The Hall–Kier alpha value is -2.45. The first-order chi connectivity index (χ1) is 15.2. The molecule has 8 heteroatoms. The number of ether oxygens (including phenoxy) is 2. The molecule has 0 radical (unpaired) electrons. The van der Waals surface area contributed by atoms with Gasteiger partial charge in [-0.2, -0.15) is 0 Å². The van der Waals surface area contributed by atoms with Crippen molar-refractivity contribution in [1.82, 2.24) is 19.8 Å². The van der Waals surface area contributed by atoms with Crippen molar-refractivity contribution in [3.8, 4) is 0 Å². The van der Waals surface area contributed by atoms with Gasteiger partial charge in [-0.3, -0.25) is 9.59 Å². The van der Waals surface area contributed by atoms with Gasteiger partial charge in [0.25, 0.3) is 0 Å². The number of nitrogens with zero attached hydrogens (tertiary/aromatic N) is 3. The van der Waals surface area contributed by atoms with Crippen molar-refractivity contribution in [2.24, 2.45) is 0 Å². The second kappa shape index (κ2) is 10.7. The Kier molecular flexibility index (Phi) is 7.53. The van der Waals surface area contributed by atoms with Gasteiger partial charge in [0.15, 0.2) is 0 Å². The van der Waals surface area contributed by atoms with Gasteiger partial charge in [-0.05, 0) is 37.8 Å². The Balaban J connectivity index is 1.29. The molecule has 1 aromatic heterocycles. The van der Waals surface area contributed by atoms with Crippen LogP contribution in [0.2, 0.25) is 0 Å². The van der Waals surface area contributed by atoms with E-state index in [2.05, 4.69) is 9.88 Å². The van der Waals surface area contributed by atoms with Crippen LogP contribution in [-0.4, -0.2) is 71.8 Å². The highest BCUT2D eigenvalue weighted by atomic mass is 16.5. The highest BCUT2D eigenvalue weighted by Crippen LogP contribution is 2.18. The van der Waals surface area contributed by atoms with Gasteiger partial charge >= 0.3 is 0 Å². The maximum atomic E-state index is 12.8. The van der Waals surface area contributed by atoms with Gasteiger partial charge in [0, 0.05) is 32.7 Å². The molecule has 8 nitrogen and oxygen atoms in total. The van der Waals surface area contributed by atoms with Gasteiger partial charge in [0.05, 0.1) is 24.2 Å². The molecular formula is C23H32N4O4. The number of carbonyl (C=O) groups is 2. The topological polar surface area (TPSA) is 85.7 Å². The maximum absolute atomic E-state index is 12.8. The predicted octanol–water partition coefficient (Wildman–Crippen LogP) is 1.90. The summed E-state index contributed by atoms with van der Waals surface area (Å²) in [6.07, 6.45) is 5.22. The molecule has 2 saturated heterocycles. The third-order valence-corrected chi connectivity index (χ3v) is 5.99. The lowest BCUT2D eigenvalue weighted by Crippen LogP contribution is -2.42. The van der Waals surface area contributed by atoms with E-state index in [0.717, 1.165) is 55.4 Å². The number of para-hydroxylation sites is 2. The number of fused-ring (bicyclic) bond motifs is 1.